The van der Waals surface area contributed by atoms with Crippen molar-refractivity contribution in [2.24, 2.45) is 0 Å². The van der Waals surface area contributed by atoms with Gasteiger partial charge in [-0.15, -0.1) is 0 Å². The number of carbonyl (C=O) groups is 1. The Bertz CT molecular complexity index is 572. The fraction of sp³-hybridized carbons (Fsp3) is 0.538. The van der Waals surface area contributed by atoms with Crippen LogP contribution in [0.15, 0.2) is 18.3 Å². The highest BCUT2D eigenvalue weighted by Gasteiger charge is 2.15. The molecule has 1 amide bonds. The number of nitrogens with one attached hydrogen (secondary N) is 1. The van der Waals surface area contributed by atoms with Crippen LogP contribution < -0.4 is 5.32 Å². The van der Waals surface area contributed by atoms with Gasteiger partial charge in [0.2, 0.25) is 15.9 Å². The number of aryl methyl sites for hydroxylation is 1. The van der Waals surface area contributed by atoms with Crippen molar-refractivity contribution in [3.05, 3.63) is 29.6 Å². The van der Waals surface area contributed by atoms with Crippen LogP contribution in [0.4, 0.5) is 0 Å². The third-order valence-electron chi connectivity index (χ3n) is 3.06. The maximum absolute atomic E-state index is 11.8. The van der Waals surface area contributed by atoms with E-state index in [9.17, 15) is 13.2 Å². The Morgan fingerprint density at radius 2 is 2.15 bits per heavy atom. The summed E-state index contributed by atoms with van der Waals surface area (Å²) < 4.78 is 23.6. The van der Waals surface area contributed by atoms with Gasteiger partial charge in [0.15, 0.2) is 0 Å². The molecule has 0 bridgehead atoms. The number of hydrogen-bond donors (Lipinski definition) is 1. The van der Waals surface area contributed by atoms with E-state index in [1.807, 2.05) is 26.0 Å². The van der Waals surface area contributed by atoms with Crippen molar-refractivity contribution in [2.75, 3.05) is 19.8 Å². The van der Waals surface area contributed by atoms with Crippen molar-refractivity contribution < 1.29 is 13.2 Å². The van der Waals surface area contributed by atoms with Gasteiger partial charge in [-0.3, -0.25) is 9.78 Å². The Hall–Kier alpha value is -1.47. The molecule has 6 nitrogen and oxygen atoms in total. The summed E-state index contributed by atoms with van der Waals surface area (Å²) in [5.41, 5.74) is 1.82. The van der Waals surface area contributed by atoms with Gasteiger partial charge in [-0.1, -0.05) is 6.07 Å². The molecule has 1 rings (SSSR count). The van der Waals surface area contributed by atoms with Crippen molar-refractivity contribution in [1.29, 1.82) is 0 Å². The summed E-state index contributed by atoms with van der Waals surface area (Å²) in [6.45, 7) is 3.95. The predicted octanol–water partition coefficient (Wildman–Crippen LogP) is 0.849. The number of sulfonamides is 1. The quantitative estimate of drug-likeness (QED) is 0.844. The van der Waals surface area contributed by atoms with Crippen LogP contribution in [0.5, 0.6) is 0 Å². The third kappa shape index (κ3) is 4.90. The molecule has 1 heterocycles. The monoisotopic (exact) mass is 299 g/mol. The van der Waals surface area contributed by atoms with Crippen LogP contribution >= 0.6 is 0 Å². The molecule has 1 aromatic heterocycles. The molecule has 0 spiro atoms. The number of hydrogen-bond acceptors (Lipinski definition) is 4. The summed E-state index contributed by atoms with van der Waals surface area (Å²) in [6.07, 6.45) is 2.92. The Balaban J connectivity index is 2.53. The Morgan fingerprint density at radius 1 is 1.50 bits per heavy atom. The second-order valence-corrected chi connectivity index (χ2v) is 6.92. The lowest BCUT2D eigenvalue weighted by atomic mass is 10.1. The third-order valence-corrected chi connectivity index (χ3v) is 4.37. The molecule has 1 N–H and O–H groups in total. The summed E-state index contributed by atoms with van der Waals surface area (Å²) in [5, 5.41) is 2.82. The standard InChI is InChI=1S/C13H21N3O3S/c1-10-6-5-8-14-13(10)11(2)15-12(17)7-9-16(3)20(4,18)19/h5-6,8,11H,7,9H2,1-4H3,(H,15,17)/t11-/m0/s1. The minimum absolute atomic E-state index is 0.125. The number of nitrogens with zero attached hydrogens (tertiary/aromatic N) is 2. The second kappa shape index (κ2) is 6.81. The van der Waals surface area contributed by atoms with E-state index in [0.717, 1.165) is 21.8 Å². The second-order valence-electron chi connectivity index (χ2n) is 4.83. The molecule has 0 fully saturated rings. The van der Waals surface area contributed by atoms with Crippen molar-refractivity contribution in [1.82, 2.24) is 14.6 Å². The molecule has 0 saturated carbocycles. The Morgan fingerprint density at radius 3 is 2.70 bits per heavy atom. The van der Waals surface area contributed by atoms with E-state index in [1.165, 1.54) is 7.05 Å². The van der Waals surface area contributed by atoms with Crippen LogP contribution in [0.1, 0.15) is 30.6 Å². The minimum Gasteiger partial charge on any atom is -0.348 e. The summed E-state index contributed by atoms with van der Waals surface area (Å²) >= 11 is 0. The van der Waals surface area contributed by atoms with Crippen molar-refractivity contribution in [3.8, 4) is 0 Å². The molecule has 20 heavy (non-hydrogen) atoms. The van der Waals surface area contributed by atoms with Crippen LogP contribution in [0, 0.1) is 6.92 Å². The van der Waals surface area contributed by atoms with E-state index >= 15 is 0 Å². The Kier molecular flexibility index (Phi) is 5.64. The van der Waals surface area contributed by atoms with Gasteiger partial charge < -0.3 is 5.32 Å². The van der Waals surface area contributed by atoms with Gasteiger partial charge in [-0.05, 0) is 25.5 Å². The van der Waals surface area contributed by atoms with E-state index in [4.69, 9.17) is 0 Å². The molecule has 1 aromatic rings. The van der Waals surface area contributed by atoms with Crippen LogP contribution in [0.2, 0.25) is 0 Å². The SMILES string of the molecule is Cc1cccnc1[C@H](C)NC(=O)CCN(C)S(C)(=O)=O. The smallest absolute Gasteiger partial charge is 0.221 e. The zero-order valence-electron chi connectivity index (χ0n) is 12.3. The molecule has 112 valence electrons. The summed E-state index contributed by atoms with van der Waals surface area (Å²) in [5.74, 6) is -0.196. The number of aromatic nitrogens is 1. The molecule has 0 aliphatic carbocycles. The minimum atomic E-state index is -3.24. The normalized spacial score (nSPS) is 13.2. The molecule has 7 heteroatoms. The lowest BCUT2D eigenvalue weighted by Crippen LogP contribution is -2.33. The van der Waals surface area contributed by atoms with Gasteiger partial charge in [-0.2, -0.15) is 0 Å². The molecule has 0 radical (unpaired) electrons. The highest BCUT2D eigenvalue weighted by atomic mass is 32.2. The van der Waals surface area contributed by atoms with Gasteiger partial charge in [0, 0.05) is 26.2 Å². The van der Waals surface area contributed by atoms with Gasteiger partial charge in [-0.25, -0.2) is 12.7 Å². The summed E-state index contributed by atoms with van der Waals surface area (Å²) in [7, 11) is -1.79. The van der Waals surface area contributed by atoms with Crippen LogP contribution in [0.25, 0.3) is 0 Å². The fourth-order valence-corrected chi connectivity index (χ4v) is 2.18. The van der Waals surface area contributed by atoms with Gasteiger partial charge >= 0.3 is 0 Å². The van der Waals surface area contributed by atoms with Crippen molar-refractivity contribution in [3.63, 3.8) is 0 Å². The Labute approximate surface area is 120 Å². The lowest BCUT2D eigenvalue weighted by molar-refractivity contribution is -0.121. The van der Waals surface area contributed by atoms with E-state index < -0.39 is 10.0 Å². The van der Waals surface area contributed by atoms with Gasteiger partial charge in [0.05, 0.1) is 18.0 Å². The topological polar surface area (TPSA) is 79.4 Å². The first-order valence-corrected chi connectivity index (χ1v) is 8.19. The molecular formula is C13H21N3O3S. The predicted molar refractivity (Wildman–Crippen MR) is 77.6 cm³/mol. The molecule has 0 aliphatic rings. The number of amides is 1. The van der Waals surface area contributed by atoms with Crippen LogP contribution in [0.3, 0.4) is 0 Å². The fourth-order valence-electron chi connectivity index (χ4n) is 1.76. The molecule has 0 saturated heterocycles. The molecular weight excluding hydrogens is 278 g/mol. The average molecular weight is 299 g/mol. The first-order valence-electron chi connectivity index (χ1n) is 6.34. The molecule has 1 atom stereocenters. The average Bonchev–Trinajstić information content (AvgIpc) is 2.35. The van der Waals surface area contributed by atoms with E-state index in [0.29, 0.717) is 0 Å². The largest absolute Gasteiger partial charge is 0.348 e. The summed E-state index contributed by atoms with van der Waals surface area (Å²) in [4.78, 5) is 16.1. The zero-order valence-corrected chi connectivity index (χ0v) is 13.1. The highest BCUT2D eigenvalue weighted by molar-refractivity contribution is 7.88. The van der Waals surface area contributed by atoms with Crippen LogP contribution in [-0.2, 0) is 14.8 Å². The van der Waals surface area contributed by atoms with Gasteiger partial charge in [0.1, 0.15) is 0 Å². The van der Waals surface area contributed by atoms with Crippen molar-refractivity contribution >= 4 is 15.9 Å². The molecule has 0 aliphatic heterocycles. The zero-order chi connectivity index (χ0) is 15.3. The number of pyridine rings is 1. The van der Waals surface area contributed by atoms with E-state index in [1.54, 1.807) is 6.20 Å². The highest BCUT2D eigenvalue weighted by Crippen LogP contribution is 2.13. The van der Waals surface area contributed by atoms with E-state index in [2.05, 4.69) is 10.3 Å². The first kappa shape index (κ1) is 16.6. The molecule has 0 unspecified atom stereocenters. The van der Waals surface area contributed by atoms with Crippen LogP contribution in [-0.4, -0.2) is 43.5 Å². The lowest BCUT2D eigenvalue weighted by Gasteiger charge is -2.17. The van der Waals surface area contributed by atoms with E-state index in [-0.39, 0.29) is 24.9 Å². The summed E-state index contributed by atoms with van der Waals surface area (Å²) in [6, 6.07) is 3.57. The maximum Gasteiger partial charge on any atom is 0.221 e. The number of rotatable bonds is 6. The first-order chi connectivity index (χ1) is 9.21. The maximum atomic E-state index is 11.8. The van der Waals surface area contributed by atoms with Gasteiger partial charge in [0.25, 0.3) is 0 Å². The molecule has 0 aromatic carbocycles. The van der Waals surface area contributed by atoms with Crippen molar-refractivity contribution in [2.45, 2.75) is 26.3 Å². The number of carbonyl (C=O) groups excluding carboxylic acids is 1.